The van der Waals surface area contributed by atoms with Gasteiger partial charge < -0.3 is 11.5 Å². The Morgan fingerprint density at radius 1 is 1.27 bits per heavy atom. The maximum absolute atomic E-state index is 6.07. The Labute approximate surface area is 90.1 Å². The Hall–Kier alpha value is -1.16. The molecule has 1 aliphatic carbocycles. The molecule has 0 bridgehead atoms. The zero-order chi connectivity index (χ0) is 11.2. The van der Waals surface area contributed by atoms with Gasteiger partial charge >= 0.3 is 0 Å². The van der Waals surface area contributed by atoms with Crippen molar-refractivity contribution >= 4 is 5.95 Å². The fourth-order valence-electron chi connectivity index (χ4n) is 2.12. The second kappa shape index (κ2) is 3.17. The number of hydrogen-bond donors (Lipinski definition) is 2. The van der Waals surface area contributed by atoms with Gasteiger partial charge in [0.2, 0.25) is 5.95 Å². The Morgan fingerprint density at radius 2 is 1.93 bits per heavy atom. The maximum Gasteiger partial charge on any atom is 0.220 e. The molecule has 1 heterocycles. The van der Waals surface area contributed by atoms with Crippen LogP contribution in [0.15, 0.2) is 0 Å². The number of nitrogens with two attached hydrogens (primary N) is 2. The molecule has 4 nitrogen and oxygen atoms in total. The van der Waals surface area contributed by atoms with Crippen molar-refractivity contribution in [3.63, 3.8) is 0 Å². The molecule has 0 fully saturated rings. The number of anilines is 1. The van der Waals surface area contributed by atoms with E-state index in [0.717, 1.165) is 29.8 Å². The Bertz CT molecular complexity index is 392. The molecule has 0 amide bonds. The zero-order valence-electron chi connectivity index (χ0n) is 9.54. The summed E-state index contributed by atoms with van der Waals surface area (Å²) in [5.41, 5.74) is 14.9. The number of nitrogen functional groups attached to an aromatic ring is 1. The lowest BCUT2D eigenvalue weighted by molar-refractivity contribution is 0.551. The molecule has 2 rings (SSSR count). The van der Waals surface area contributed by atoms with Gasteiger partial charge in [-0.2, -0.15) is 0 Å². The molecule has 0 saturated heterocycles. The van der Waals surface area contributed by atoms with E-state index in [1.807, 2.05) is 0 Å². The molecule has 0 saturated carbocycles. The summed E-state index contributed by atoms with van der Waals surface area (Å²) in [6, 6.07) is 0.0785. The molecule has 4 N–H and O–H groups in total. The lowest BCUT2D eigenvalue weighted by Crippen LogP contribution is -2.21. The zero-order valence-corrected chi connectivity index (χ0v) is 9.54. The highest BCUT2D eigenvalue weighted by Gasteiger charge is 2.30. The van der Waals surface area contributed by atoms with Crippen LogP contribution in [0.2, 0.25) is 0 Å². The largest absolute Gasteiger partial charge is 0.368 e. The highest BCUT2D eigenvalue weighted by atomic mass is 15.0. The van der Waals surface area contributed by atoms with Crippen LogP contribution in [0, 0.1) is 0 Å². The van der Waals surface area contributed by atoms with Crippen molar-refractivity contribution < 1.29 is 0 Å². The molecule has 4 heteroatoms. The van der Waals surface area contributed by atoms with Crippen LogP contribution in [0.5, 0.6) is 0 Å². The lowest BCUT2D eigenvalue weighted by Gasteiger charge is -2.22. The summed E-state index contributed by atoms with van der Waals surface area (Å²) in [4.78, 5) is 8.62. The topological polar surface area (TPSA) is 77.8 Å². The lowest BCUT2D eigenvalue weighted by atomic mass is 9.87. The van der Waals surface area contributed by atoms with E-state index in [0.29, 0.717) is 5.95 Å². The first-order chi connectivity index (χ1) is 6.89. The van der Waals surface area contributed by atoms with Gasteiger partial charge in [-0.25, -0.2) is 9.97 Å². The third-order valence-electron chi connectivity index (χ3n) is 2.82. The molecular weight excluding hydrogens is 188 g/mol. The normalized spacial score (nSPS) is 20.4. The molecule has 0 radical (unpaired) electrons. The third-order valence-corrected chi connectivity index (χ3v) is 2.82. The van der Waals surface area contributed by atoms with Crippen LogP contribution >= 0.6 is 0 Å². The van der Waals surface area contributed by atoms with Gasteiger partial charge in [0.1, 0.15) is 0 Å². The number of nitrogens with zero attached hydrogens (tertiary/aromatic N) is 2. The predicted octanol–water partition coefficient (Wildman–Crippen LogP) is 1.30. The van der Waals surface area contributed by atoms with Crippen molar-refractivity contribution in [1.29, 1.82) is 0 Å². The smallest absolute Gasteiger partial charge is 0.220 e. The van der Waals surface area contributed by atoms with Crippen LogP contribution in [0.25, 0.3) is 0 Å². The van der Waals surface area contributed by atoms with E-state index in [4.69, 9.17) is 11.5 Å². The van der Waals surface area contributed by atoms with E-state index in [1.165, 1.54) is 0 Å². The van der Waals surface area contributed by atoms with Gasteiger partial charge in [0.05, 0.1) is 11.4 Å². The Kier molecular flexibility index (Phi) is 2.19. The standard InChI is InChI=1S/C11H18N4/c1-11(2,3)9-8-6(12)4-5-7(8)14-10(13)15-9/h6H,4-5,12H2,1-3H3,(H2,13,14,15). The number of rotatable bonds is 0. The van der Waals surface area contributed by atoms with Gasteiger partial charge in [-0.05, 0) is 12.8 Å². The summed E-state index contributed by atoms with van der Waals surface area (Å²) in [5, 5.41) is 0. The van der Waals surface area contributed by atoms with E-state index in [-0.39, 0.29) is 11.5 Å². The summed E-state index contributed by atoms with van der Waals surface area (Å²) in [6.07, 6.45) is 1.88. The van der Waals surface area contributed by atoms with Crippen LogP contribution in [-0.4, -0.2) is 9.97 Å². The van der Waals surface area contributed by atoms with E-state index in [2.05, 4.69) is 30.7 Å². The van der Waals surface area contributed by atoms with Crippen molar-refractivity contribution in [3.8, 4) is 0 Å². The van der Waals surface area contributed by atoms with Crippen molar-refractivity contribution in [1.82, 2.24) is 9.97 Å². The van der Waals surface area contributed by atoms with Gasteiger partial charge in [0, 0.05) is 17.0 Å². The molecule has 1 unspecified atom stereocenters. The summed E-state index contributed by atoms with van der Waals surface area (Å²) in [5.74, 6) is 0.368. The first-order valence-corrected chi connectivity index (χ1v) is 5.32. The Balaban J connectivity index is 2.64. The molecule has 0 aliphatic heterocycles. The average Bonchev–Trinajstić information content (AvgIpc) is 2.44. The third kappa shape index (κ3) is 1.69. The van der Waals surface area contributed by atoms with Crippen LogP contribution in [0.4, 0.5) is 5.95 Å². The van der Waals surface area contributed by atoms with Gasteiger partial charge in [0.25, 0.3) is 0 Å². The molecule has 1 aliphatic rings. The monoisotopic (exact) mass is 206 g/mol. The summed E-state index contributed by atoms with van der Waals surface area (Å²) in [7, 11) is 0. The number of fused-ring (bicyclic) bond motifs is 1. The number of aryl methyl sites for hydroxylation is 1. The van der Waals surface area contributed by atoms with E-state index < -0.39 is 0 Å². The van der Waals surface area contributed by atoms with E-state index in [9.17, 15) is 0 Å². The second-order valence-electron chi connectivity index (χ2n) is 5.19. The summed E-state index contributed by atoms with van der Waals surface area (Å²) in [6.45, 7) is 6.38. The fourth-order valence-corrected chi connectivity index (χ4v) is 2.12. The summed E-state index contributed by atoms with van der Waals surface area (Å²) < 4.78 is 0. The molecular formula is C11H18N4. The van der Waals surface area contributed by atoms with Gasteiger partial charge in [0.15, 0.2) is 0 Å². The summed E-state index contributed by atoms with van der Waals surface area (Å²) >= 11 is 0. The molecule has 0 aromatic carbocycles. The van der Waals surface area contributed by atoms with Crippen molar-refractivity contribution in [3.05, 3.63) is 17.0 Å². The van der Waals surface area contributed by atoms with E-state index >= 15 is 0 Å². The van der Waals surface area contributed by atoms with Crippen molar-refractivity contribution in [2.45, 2.75) is 45.1 Å². The van der Waals surface area contributed by atoms with Gasteiger partial charge in [-0.15, -0.1) is 0 Å². The van der Waals surface area contributed by atoms with Gasteiger partial charge in [-0.3, -0.25) is 0 Å². The quantitative estimate of drug-likeness (QED) is 0.670. The maximum atomic E-state index is 6.07. The predicted molar refractivity (Wildman–Crippen MR) is 60.4 cm³/mol. The SMILES string of the molecule is CC(C)(C)c1nc(N)nc2c1C(N)CC2. The highest BCUT2D eigenvalue weighted by Crippen LogP contribution is 2.35. The fraction of sp³-hybridized carbons (Fsp3) is 0.636. The molecule has 1 aromatic rings. The minimum Gasteiger partial charge on any atom is -0.368 e. The first-order valence-electron chi connectivity index (χ1n) is 5.32. The van der Waals surface area contributed by atoms with Crippen LogP contribution in [0.3, 0.4) is 0 Å². The molecule has 15 heavy (non-hydrogen) atoms. The first kappa shape index (κ1) is 10.4. The molecule has 82 valence electrons. The van der Waals surface area contributed by atoms with Crippen LogP contribution in [0.1, 0.15) is 50.2 Å². The minimum absolute atomic E-state index is 0.0247. The number of aromatic nitrogens is 2. The van der Waals surface area contributed by atoms with Crippen LogP contribution in [-0.2, 0) is 11.8 Å². The Morgan fingerprint density at radius 3 is 2.53 bits per heavy atom. The van der Waals surface area contributed by atoms with Crippen molar-refractivity contribution in [2.24, 2.45) is 5.73 Å². The van der Waals surface area contributed by atoms with Gasteiger partial charge in [-0.1, -0.05) is 20.8 Å². The number of hydrogen-bond acceptors (Lipinski definition) is 4. The average molecular weight is 206 g/mol. The molecule has 0 spiro atoms. The second-order valence-corrected chi connectivity index (χ2v) is 5.19. The van der Waals surface area contributed by atoms with Crippen LogP contribution < -0.4 is 11.5 Å². The highest BCUT2D eigenvalue weighted by molar-refractivity contribution is 5.40. The molecule has 1 atom stereocenters. The van der Waals surface area contributed by atoms with Crippen molar-refractivity contribution in [2.75, 3.05) is 5.73 Å². The molecule has 1 aromatic heterocycles. The minimum atomic E-state index is -0.0247. The van der Waals surface area contributed by atoms with E-state index in [1.54, 1.807) is 0 Å².